The van der Waals surface area contributed by atoms with Crippen LogP contribution >= 0.6 is 0 Å². The molecule has 3 aromatic rings. The van der Waals surface area contributed by atoms with Gasteiger partial charge in [-0.3, -0.25) is 4.79 Å². The zero-order valence-corrected chi connectivity index (χ0v) is 21.2. The molecule has 37 heavy (non-hydrogen) atoms. The molecule has 1 amide bonds. The number of hydrogen-bond acceptors (Lipinski definition) is 5. The van der Waals surface area contributed by atoms with Gasteiger partial charge in [-0.25, -0.2) is 22.6 Å². The van der Waals surface area contributed by atoms with E-state index in [0.29, 0.717) is 29.7 Å². The van der Waals surface area contributed by atoms with Crippen molar-refractivity contribution in [3.05, 3.63) is 76.2 Å². The van der Waals surface area contributed by atoms with Gasteiger partial charge in [0.05, 0.1) is 18.2 Å². The zero-order valence-electron chi connectivity index (χ0n) is 21.2. The van der Waals surface area contributed by atoms with E-state index in [1.807, 2.05) is 13.8 Å². The second kappa shape index (κ2) is 12.4. The van der Waals surface area contributed by atoms with Gasteiger partial charge in [0.2, 0.25) is 5.88 Å². The molecule has 0 fully saturated rings. The fraction of sp³-hybridized carbons (Fsp3) is 0.370. The third-order valence-electron chi connectivity index (χ3n) is 5.73. The van der Waals surface area contributed by atoms with E-state index in [1.54, 1.807) is 37.3 Å². The molecule has 1 heterocycles. The molecule has 1 aromatic heterocycles. The van der Waals surface area contributed by atoms with E-state index < -0.39 is 41.4 Å². The van der Waals surface area contributed by atoms with Gasteiger partial charge in [0.25, 0.3) is 12.3 Å². The van der Waals surface area contributed by atoms with Crippen LogP contribution in [0.2, 0.25) is 0 Å². The summed E-state index contributed by atoms with van der Waals surface area (Å²) in [6.45, 7) is 5.83. The minimum absolute atomic E-state index is 0.0594. The predicted octanol–water partition coefficient (Wildman–Crippen LogP) is 6.30. The number of alkyl halides is 2. The molecule has 3 rings (SSSR count). The molecule has 0 aliphatic heterocycles. The smallest absolute Gasteiger partial charge is 0.338 e. The Balaban J connectivity index is 1.82. The van der Waals surface area contributed by atoms with E-state index in [0.717, 1.165) is 23.6 Å². The van der Waals surface area contributed by atoms with Gasteiger partial charge in [0.15, 0.2) is 0 Å². The Morgan fingerprint density at radius 3 is 2.43 bits per heavy atom. The molecule has 198 valence electrons. The van der Waals surface area contributed by atoms with Crippen molar-refractivity contribution in [2.24, 2.45) is 7.05 Å². The van der Waals surface area contributed by atoms with Gasteiger partial charge in [0.1, 0.15) is 22.8 Å². The topological polar surface area (TPSA) is 82.5 Å². The SMILES string of the molecule is CCCCOC(=O)c1ccc([C@H](C)NC(=O)c2c(C(F)F)nn(C)c2Oc2cc(F)cc(CC)c2)cc1. The van der Waals surface area contributed by atoms with Gasteiger partial charge in [0, 0.05) is 13.1 Å². The molecule has 0 saturated carbocycles. The first-order valence-corrected chi connectivity index (χ1v) is 12.0. The van der Waals surface area contributed by atoms with Crippen molar-refractivity contribution in [3.63, 3.8) is 0 Å². The standard InChI is InChI=1S/C27H30F3N3O4/c1-5-7-12-36-27(35)19-10-8-18(9-11-19)16(3)31-25(34)22-23(24(29)30)32-33(4)26(22)37-21-14-17(6-2)13-20(28)15-21/h8-11,13-16,24H,5-7,12H2,1-4H3,(H,31,34)/t16-/m0/s1. The number of halogens is 3. The summed E-state index contributed by atoms with van der Waals surface area (Å²) in [5, 5.41) is 6.45. The molecular formula is C27H30F3N3O4. The highest BCUT2D eigenvalue weighted by Crippen LogP contribution is 2.33. The van der Waals surface area contributed by atoms with E-state index in [4.69, 9.17) is 9.47 Å². The summed E-state index contributed by atoms with van der Waals surface area (Å²) >= 11 is 0. The highest BCUT2D eigenvalue weighted by atomic mass is 19.3. The average molecular weight is 518 g/mol. The number of hydrogen-bond donors (Lipinski definition) is 1. The number of nitrogens with zero attached hydrogens (tertiary/aromatic N) is 2. The van der Waals surface area contributed by atoms with Crippen LogP contribution in [0.25, 0.3) is 0 Å². The molecule has 0 unspecified atom stereocenters. The van der Waals surface area contributed by atoms with Crippen LogP contribution < -0.4 is 10.1 Å². The summed E-state index contributed by atoms with van der Waals surface area (Å²) in [6, 6.07) is 9.85. The Morgan fingerprint density at radius 2 is 1.81 bits per heavy atom. The normalized spacial score (nSPS) is 11.9. The van der Waals surface area contributed by atoms with Crippen molar-refractivity contribution < 1.29 is 32.2 Å². The number of aryl methyl sites for hydroxylation is 2. The van der Waals surface area contributed by atoms with Crippen molar-refractivity contribution in [2.45, 2.75) is 52.5 Å². The summed E-state index contributed by atoms with van der Waals surface area (Å²) in [4.78, 5) is 25.3. The average Bonchev–Trinajstić information content (AvgIpc) is 3.19. The molecule has 0 bridgehead atoms. The van der Waals surface area contributed by atoms with Gasteiger partial charge in [-0.2, -0.15) is 5.10 Å². The molecule has 1 N–H and O–H groups in total. The summed E-state index contributed by atoms with van der Waals surface area (Å²) in [5.41, 5.74) is 0.454. The maximum Gasteiger partial charge on any atom is 0.338 e. The first kappa shape index (κ1) is 27.8. The molecule has 7 nitrogen and oxygen atoms in total. The fourth-order valence-corrected chi connectivity index (χ4v) is 3.66. The Hall–Kier alpha value is -3.82. The maximum absolute atomic E-state index is 14.0. The molecule has 0 spiro atoms. The largest absolute Gasteiger partial charge is 0.462 e. The first-order valence-electron chi connectivity index (χ1n) is 12.0. The van der Waals surface area contributed by atoms with Gasteiger partial charge >= 0.3 is 5.97 Å². The van der Waals surface area contributed by atoms with E-state index in [2.05, 4.69) is 10.4 Å². The molecule has 0 aliphatic rings. The number of rotatable bonds is 11. The zero-order chi connectivity index (χ0) is 27.1. The first-order chi connectivity index (χ1) is 17.6. The number of nitrogens with one attached hydrogen (secondary N) is 1. The lowest BCUT2D eigenvalue weighted by molar-refractivity contribution is 0.0499. The Bertz CT molecular complexity index is 1240. The minimum Gasteiger partial charge on any atom is -0.462 e. The van der Waals surface area contributed by atoms with Crippen molar-refractivity contribution in [2.75, 3.05) is 6.61 Å². The number of carbonyl (C=O) groups is 2. The van der Waals surface area contributed by atoms with Crippen LogP contribution in [-0.2, 0) is 18.2 Å². The van der Waals surface area contributed by atoms with E-state index >= 15 is 0 Å². The highest BCUT2D eigenvalue weighted by molar-refractivity contribution is 5.98. The third kappa shape index (κ3) is 6.90. The lowest BCUT2D eigenvalue weighted by Gasteiger charge is -2.16. The molecule has 1 atom stereocenters. The van der Waals surface area contributed by atoms with E-state index in [-0.39, 0.29) is 11.6 Å². The van der Waals surface area contributed by atoms with Crippen LogP contribution in [0.3, 0.4) is 0 Å². The second-order valence-corrected chi connectivity index (χ2v) is 8.55. The van der Waals surface area contributed by atoms with E-state index in [9.17, 15) is 22.8 Å². The molecule has 2 aromatic carbocycles. The monoisotopic (exact) mass is 517 g/mol. The Morgan fingerprint density at radius 1 is 1.11 bits per heavy atom. The molecule has 10 heteroatoms. The van der Waals surface area contributed by atoms with Crippen LogP contribution in [0.15, 0.2) is 42.5 Å². The number of aromatic nitrogens is 2. The van der Waals surface area contributed by atoms with Crippen LogP contribution in [-0.4, -0.2) is 28.3 Å². The maximum atomic E-state index is 14.0. The quantitative estimate of drug-likeness (QED) is 0.238. The number of benzene rings is 2. The lowest BCUT2D eigenvalue weighted by atomic mass is 10.1. The minimum atomic E-state index is -3.05. The summed E-state index contributed by atoms with van der Waals surface area (Å²) in [7, 11) is 1.36. The van der Waals surface area contributed by atoms with Crippen molar-refractivity contribution in [3.8, 4) is 11.6 Å². The number of esters is 1. The molecular weight excluding hydrogens is 487 g/mol. The fourth-order valence-electron chi connectivity index (χ4n) is 3.66. The number of carbonyl (C=O) groups excluding carboxylic acids is 2. The third-order valence-corrected chi connectivity index (χ3v) is 5.73. The van der Waals surface area contributed by atoms with Crippen LogP contribution in [0.1, 0.15) is 83.6 Å². The van der Waals surface area contributed by atoms with E-state index in [1.165, 1.54) is 13.1 Å². The summed E-state index contributed by atoms with van der Waals surface area (Å²) < 4.78 is 53.5. The van der Waals surface area contributed by atoms with Gasteiger partial charge in [-0.05, 0) is 55.2 Å². The summed E-state index contributed by atoms with van der Waals surface area (Å²) in [6.07, 6.45) is -0.840. The van der Waals surface area contributed by atoms with Crippen LogP contribution in [0.4, 0.5) is 13.2 Å². The van der Waals surface area contributed by atoms with Gasteiger partial charge in [-0.15, -0.1) is 0 Å². The van der Waals surface area contributed by atoms with Crippen molar-refractivity contribution >= 4 is 11.9 Å². The van der Waals surface area contributed by atoms with Gasteiger partial charge < -0.3 is 14.8 Å². The molecule has 0 aliphatic carbocycles. The van der Waals surface area contributed by atoms with Gasteiger partial charge in [-0.1, -0.05) is 32.4 Å². The number of ether oxygens (including phenoxy) is 2. The predicted molar refractivity (Wildman–Crippen MR) is 132 cm³/mol. The van der Waals surface area contributed by atoms with Crippen molar-refractivity contribution in [1.82, 2.24) is 15.1 Å². The number of amides is 1. The Labute approximate surface area is 213 Å². The van der Waals surface area contributed by atoms with Crippen LogP contribution in [0, 0.1) is 5.82 Å². The van der Waals surface area contributed by atoms with Crippen molar-refractivity contribution in [1.29, 1.82) is 0 Å². The molecule has 0 saturated heterocycles. The number of unbranched alkanes of at least 4 members (excludes halogenated alkanes) is 1. The van der Waals surface area contributed by atoms with Crippen LogP contribution in [0.5, 0.6) is 11.6 Å². The lowest BCUT2D eigenvalue weighted by Crippen LogP contribution is -2.27. The highest BCUT2D eigenvalue weighted by Gasteiger charge is 2.30. The Kier molecular flexibility index (Phi) is 9.32. The molecule has 0 radical (unpaired) electrons. The summed E-state index contributed by atoms with van der Waals surface area (Å²) in [5.74, 6) is -2.01. The second-order valence-electron chi connectivity index (χ2n) is 8.55.